The van der Waals surface area contributed by atoms with Crippen molar-refractivity contribution in [1.82, 2.24) is 10.2 Å². The van der Waals surface area contributed by atoms with Crippen LogP contribution in [0.1, 0.15) is 0 Å². The van der Waals surface area contributed by atoms with Crippen LogP contribution in [0.2, 0.25) is 0 Å². The maximum atomic E-state index is 9.15. The van der Waals surface area contributed by atoms with Gasteiger partial charge in [-0.25, -0.2) is 0 Å². The van der Waals surface area contributed by atoms with E-state index in [-0.39, 0.29) is 38.5 Å². The van der Waals surface area contributed by atoms with E-state index in [2.05, 4.69) is 5.32 Å². The minimum Gasteiger partial charge on any atom is -0.794 e. The summed E-state index contributed by atoms with van der Waals surface area (Å²) in [7, 11) is 0. The van der Waals surface area contributed by atoms with Crippen molar-refractivity contribution in [3.8, 4) is 0 Å². The van der Waals surface area contributed by atoms with E-state index >= 15 is 0 Å². The quantitative estimate of drug-likeness (QED) is 0.536. The molecule has 1 saturated heterocycles. The molecule has 0 atom stereocenters. The summed E-state index contributed by atoms with van der Waals surface area (Å²) in [5, 5.41) is 20.4. The molecule has 0 spiro atoms. The summed E-state index contributed by atoms with van der Waals surface area (Å²) in [6, 6.07) is 0. The molecule has 12 heavy (non-hydrogen) atoms. The van der Waals surface area contributed by atoms with Gasteiger partial charge in [0.2, 0.25) is 0 Å². The van der Waals surface area contributed by atoms with E-state index in [1.165, 1.54) is 0 Å². The van der Waals surface area contributed by atoms with Crippen molar-refractivity contribution < 1.29 is 32.7 Å². The molecular weight excluding hydrogens is 252 g/mol. The molecule has 0 amide bonds. The molecule has 6 heteroatoms. The third kappa shape index (κ3) is 3.48. The van der Waals surface area contributed by atoms with Gasteiger partial charge in [0, 0.05) is 32.7 Å². The molecule has 1 radical (unpaired) electrons. The smallest absolute Gasteiger partial charge is 0 e. The van der Waals surface area contributed by atoms with E-state index in [4.69, 9.17) is 22.4 Å². The van der Waals surface area contributed by atoms with E-state index in [0.717, 1.165) is 13.1 Å². The van der Waals surface area contributed by atoms with Crippen molar-refractivity contribution >= 4 is 22.6 Å². The Bertz CT molecular complexity index is 178. The molecule has 1 fully saturated rings. The molecule has 65 valence electrons. The number of halogens is 1. The van der Waals surface area contributed by atoms with Crippen LogP contribution in [-0.2, 0) is 32.7 Å². The van der Waals surface area contributed by atoms with E-state index in [9.17, 15) is 0 Å². The van der Waals surface area contributed by atoms with Crippen LogP contribution in [0.25, 0.3) is 10.8 Å². The number of amidine groups is 1. The normalized spacial score (nSPS) is 16.6. The molecule has 1 N–H and O–H groups in total. The molecule has 4 nitrogen and oxygen atoms in total. The van der Waals surface area contributed by atoms with Crippen molar-refractivity contribution in [3.05, 3.63) is 10.8 Å². The van der Waals surface area contributed by atoms with Crippen LogP contribution in [0.3, 0.4) is 0 Å². The van der Waals surface area contributed by atoms with Crippen molar-refractivity contribution in [2.24, 2.45) is 0 Å². The monoisotopic (exact) mass is 261 g/mol. The zero-order chi connectivity index (χ0) is 8.27. The van der Waals surface area contributed by atoms with Gasteiger partial charge < -0.3 is 21.0 Å². The number of nitrogens with zero attached hydrogens (tertiary/aromatic N) is 3. The fraction of sp³-hybridized carbons (Fsp3) is 0.667. The Kier molecular flexibility index (Phi) is 6.27. The number of nitrogens with one attached hydrogen (secondary N) is 1. The van der Waals surface area contributed by atoms with Gasteiger partial charge in [0.15, 0.2) is 0 Å². The molecule has 1 rings (SSSR count). The van der Waals surface area contributed by atoms with E-state index in [0.29, 0.717) is 13.1 Å². The van der Waals surface area contributed by atoms with Crippen molar-refractivity contribution in [1.29, 1.82) is 0 Å². The molecule has 0 bridgehead atoms. The molecule has 0 aromatic heterocycles. The molecular formula is C6H9ClN4Y-2. The first-order valence-corrected chi connectivity index (χ1v) is 3.83. The standard InChI is InChI=1S/C6H9ClN4.Y/c7-5(8)6(9)11-3-1-10-2-4-11;/h10H,1-4H2;/q-2;. The van der Waals surface area contributed by atoms with Crippen LogP contribution < -0.4 is 5.32 Å². The maximum Gasteiger partial charge on any atom is 0 e. The first-order valence-electron chi connectivity index (χ1n) is 3.45. The Balaban J connectivity index is 0.00000121. The third-order valence-corrected chi connectivity index (χ3v) is 1.77. The van der Waals surface area contributed by atoms with Crippen molar-refractivity contribution in [2.75, 3.05) is 26.2 Å². The Labute approximate surface area is 102 Å². The largest absolute Gasteiger partial charge is 0.794 e. The summed E-state index contributed by atoms with van der Waals surface area (Å²) >= 11 is 5.18. The predicted octanol–water partition coefficient (Wildman–Crippen LogP) is 0.0637. The van der Waals surface area contributed by atoms with Gasteiger partial charge in [0.25, 0.3) is 0 Å². The van der Waals surface area contributed by atoms with Crippen LogP contribution in [0.4, 0.5) is 0 Å². The average molecular weight is 262 g/mol. The first kappa shape index (κ1) is 12.5. The summed E-state index contributed by atoms with van der Waals surface area (Å²) in [6.07, 6.45) is 0. The van der Waals surface area contributed by atoms with Crippen molar-refractivity contribution in [2.45, 2.75) is 0 Å². The van der Waals surface area contributed by atoms with E-state index in [1.807, 2.05) is 0 Å². The number of piperazine rings is 1. The second kappa shape index (κ2) is 6.03. The zero-order valence-corrected chi connectivity index (χ0v) is 10.2. The molecule has 0 aliphatic carbocycles. The molecule has 1 aliphatic rings. The van der Waals surface area contributed by atoms with E-state index < -0.39 is 5.17 Å². The van der Waals surface area contributed by atoms with Gasteiger partial charge in [0.1, 0.15) is 0 Å². The van der Waals surface area contributed by atoms with Crippen LogP contribution in [0.15, 0.2) is 0 Å². The number of hydrogen-bond acceptors (Lipinski definition) is 1. The van der Waals surface area contributed by atoms with E-state index in [1.54, 1.807) is 4.90 Å². The second-order valence-corrected chi connectivity index (χ2v) is 2.71. The first-order chi connectivity index (χ1) is 5.22. The predicted molar refractivity (Wildman–Crippen MR) is 47.0 cm³/mol. The van der Waals surface area contributed by atoms with Gasteiger partial charge in [-0.2, -0.15) is 0 Å². The Morgan fingerprint density at radius 2 is 1.75 bits per heavy atom. The summed E-state index contributed by atoms with van der Waals surface area (Å²) in [5.74, 6) is -0.229. The third-order valence-electron chi connectivity index (χ3n) is 1.60. The molecule has 0 unspecified atom stereocenters. The molecule has 1 aliphatic heterocycles. The average Bonchev–Trinajstić information content (AvgIpc) is 2.05. The fourth-order valence-electron chi connectivity index (χ4n) is 1.01. The summed E-state index contributed by atoms with van der Waals surface area (Å²) in [6.45, 7) is 2.94. The number of hydrogen-bond donors (Lipinski definition) is 1. The summed E-state index contributed by atoms with van der Waals surface area (Å²) < 4.78 is 0. The minimum atomic E-state index is -0.535. The van der Waals surface area contributed by atoms with Crippen LogP contribution in [0.5, 0.6) is 0 Å². The Hall–Kier alpha value is 0.494. The van der Waals surface area contributed by atoms with Gasteiger partial charge in [-0.05, 0) is 26.2 Å². The summed E-state index contributed by atoms with van der Waals surface area (Å²) in [4.78, 5) is 1.62. The Morgan fingerprint density at radius 3 is 2.17 bits per heavy atom. The Morgan fingerprint density at radius 1 is 1.25 bits per heavy atom. The summed E-state index contributed by atoms with van der Waals surface area (Å²) in [5.41, 5.74) is 0. The minimum absolute atomic E-state index is 0. The molecule has 0 aromatic rings. The second-order valence-electron chi connectivity index (χ2n) is 2.35. The van der Waals surface area contributed by atoms with Gasteiger partial charge in [0.05, 0.1) is 0 Å². The van der Waals surface area contributed by atoms with Gasteiger partial charge >= 0.3 is 0 Å². The van der Waals surface area contributed by atoms with Gasteiger partial charge in [-0.3, -0.25) is 0 Å². The van der Waals surface area contributed by atoms with Crippen molar-refractivity contribution in [3.63, 3.8) is 0 Å². The van der Waals surface area contributed by atoms with Gasteiger partial charge in [-0.1, -0.05) is 11.0 Å². The van der Waals surface area contributed by atoms with Crippen LogP contribution >= 0.6 is 11.6 Å². The van der Waals surface area contributed by atoms with Gasteiger partial charge in [-0.15, -0.1) is 11.6 Å². The maximum absolute atomic E-state index is 9.15. The molecule has 0 aromatic carbocycles. The number of rotatable bonds is 1. The zero-order valence-electron chi connectivity index (χ0n) is 6.63. The SMILES string of the molecule is [N-]=C(Cl)C(=[N-])N1CCNCC1.[Y]. The van der Waals surface area contributed by atoms with Crippen LogP contribution in [-0.4, -0.2) is 42.1 Å². The molecule has 1 heterocycles. The van der Waals surface area contributed by atoms with Crippen LogP contribution in [0, 0.1) is 0 Å². The molecule has 0 saturated carbocycles. The fourth-order valence-corrected chi connectivity index (χ4v) is 1.13. The topological polar surface area (TPSA) is 59.9 Å².